The summed E-state index contributed by atoms with van der Waals surface area (Å²) in [6.07, 6.45) is 1.64. The first-order valence-electron chi connectivity index (χ1n) is 3.87. The zero-order valence-corrected chi connectivity index (χ0v) is 6.71. The monoisotopic (exact) mass is 157 g/mol. The molecule has 5 N–H and O–H groups in total. The van der Waals surface area contributed by atoms with E-state index in [-0.39, 0.29) is 17.9 Å². The van der Waals surface area contributed by atoms with E-state index in [1.807, 2.05) is 7.05 Å². The molecule has 0 aromatic heterocycles. The van der Waals surface area contributed by atoms with Gasteiger partial charge in [0.15, 0.2) is 0 Å². The maximum atomic E-state index is 10.8. The molecule has 4 nitrogen and oxygen atoms in total. The van der Waals surface area contributed by atoms with Crippen LogP contribution in [0.2, 0.25) is 0 Å². The molecule has 0 heterocycles. The molecule has 0 saturated heterocycles. The maximum Gasteiger partial charge on any atom is 0.222 e. The molecule has 1 fully saturated rings. The number of rotatable bonds is 2. The molecule has 11 heavy (non-hydrogen) atoms. The fraction of sp³-hybridized carbons (Fsp3) is 0.857. The molecular weight excluding hydrogens is 142 g/mol. The number of hydrogen-bond acceptors (Lipinski definition) is 3. The van der Waals surface area contributed by atoms with Crippen LogP contribution in [0.4, 0.5) is 0 Å². The smallest absolute Gasteiger partial charge is 0.222 e. The van der Waals surface area contributed by atoms with E-state index in [2.05, 4.69) is 5.32 Å². The zero-order valence-electron chi connectivity index (χ0n) is 6.71. The van der Waals surface area contributed by atoms with E-state index in [0.717, 1.165) is 12.8 Å². The van der Waals surface area contributed by atoms with E-state index in [0.29, 0.717) is 6.04 Å². The topological polar surface area (TPSA) is 81.1 Å². The van der Waals surface area contributed by atoms with Crippen molar-refractivity contribution in [2.24, 2.45) is 17.4 Å². The van der Waals surface area contributed by atoms with Crippen molar-refractivity contribution in [1.29, 1.82) is 0 Å². The normalized spacial score (nSPS) is 37.5. The van der Waals surface area contributed by atoms with Crippen molar-refractivity contribution in [2.45, 2.75) is 24.9 Å². The van der Waals surface area contributed by atoms with E-state index >= 15 is 0 Å². The highest BCUT2D eigenvalue weighted by Gasteiger charge is 2.34. The Balaban J connectivity index is 2.51. The molecule has 4 heteroatoms. The van der Waals surface area contributed by atoms with Crippen molar-refractivity contribution in [1.82, 2.24) is 5.32 Å². The Kier molecular flexibility index (Phi) is 2.46. The second-order valence-electron chi connectivity index (χ2n) is 3.13. The molecule has 1 aliphatic rings. The summed E-state index contributed by atoms with van der Waals surface area (Å²) >= 11 is 0. The standard InChI is InChI=1S/C7H15N3O/c1-10-4-2-5(7(9)11)6(8)3-4/h4-6,10H,2-3,8H2,1H3,(H2,9,11). The largest absolute Gasteiger partial charge is 0.369 e. The van der Waals surface area contributed by atoms with Gasteiger partial charge in [-0.15, -0.1) is 0 Å². The Morgan fingerprint density at radius 1 is 1.55 bits per heavy atom. The molecule has 64 valence electrons. The minimum absolute atomic E-state index is 0.0510. The second kappa shape index (κ2) is 3.19. The number of carbonyl (C=O) groups excluding carboxylic acids is 1. The van der Waals surface area contributed by atoms with Crippen LogP contribution in [0.15, 0.2) is 0 Å². The Bertz CT molecular complexity index is 160. The van der Waals surface area contributed by atoms with Gasteiger partial charge in [0, 0.05) is 12.1 Å². The number of hydrogen-bond donors (Lipinski definition) is 3. The van der Waals surface area contributed by atoms with Gasteiger partial charge in [-0.1, -0.05) is 0 Å². The molecule has 0 spiro atoms. The third-order valence-electron chi connectivity index (χ3n) is 2.39. The van der Waals surface area contributed by atoms with E-state index in [9.17, 15) is 4.79 Å². The lowest BCUT2D eigenvalue weighted by Crippen LogP contribution is -2.34. The first kappa shape index (κ1) is 8.49. The van der Waals surface area contributed by atoms with Crippen LogP contribution in [-0.2, 0) is 4.79 Å². The van der Waals surface area contributed by atoms with Crippen molar-refractivity contribution < 1.29 is 4.79 Å². The van der Waals surface area contributed by atoms with Crippen molar-refractivity contribution in [2.75, 3.05) is 7.05 Å². The Labute approximate surface area is 66.3 Å². The molecule has 0 aromatic carbocycles. The van der Waals surface area contributed by atoms with Gasteiger partial charge in [-0.05, 0) is 19.9 Å². The van der Waals surface area contributed by atoms with Crippen molar-refractivity contribution >= 4 is 5.91 Å². The van der Waals surface area contributed by atoms with Crippen LogP contribution in [0, 0.1) is 5.92 Å². The first-order chi connectivity index (χ1) is 5.15. The second-order valence-corrected chi connectivity index (χ2v) is 3.13. The summed E-state index contributed by atoms with van der Waals surface area (Å²) in [5.41, 5.74) is 10.9. The predicted molar refractivity (Wildman–Crippen MR) is 42.7 cm³/mol. The summed E-state index contributed by atoms with van der Waals surface area (Å²) in [4.78, 5) is 10.8. The van der Waals surface area contributed by atoms with Gasteiger partial charge in [0.1, 0.15) is 0 Å². The van der Waals surface area contributed by atoms with Gasteiger partial charge in [0.25, 0.3) is 0 Å². The summed E-state index contributed by atoms with van der Waals surface area (Å²) in [6, 6.07) is 0.312. The van der Waals surface area contributed by atoms with Gasteiger partial charge in [-0.25, -0.2) is 0 Å². The van der Waals surface area contributed by atoms with Crippen LogP contribution < -0.4 is 16.8 Å². The summed E-state index contributed by atoms with van der Waals surface area (Å²) < 4.78 is 0. The molecule has 3 atom stereocenters. The molecule has 0 radical (unpaired) electrons. The molecule has 0 aromatic rings. The van der Waals surface area contributed by atoms with Gasteiger partial charge in [-0.2, -0.15) is 0 Å². The Hall–Kier alpha value is -0.610. The van der Waals surface area contributed by atoms with Gasteiger partial charge in [0.2, 0.25) is 5.91 Å². The fourth-order valence-corrected chi connectivity index (χ4v) is 1.63. The predicted octanol–water partition coefficient (Wildman–Crippen LogP) is -1.20. The fourth-order valence-electron chi connectivity index (χ4n) is 1.63. The average Bonchev–Trinajstić information content (AvgIpc) is 2.30. The number of nitrogens with one attached hydrogen (secondary N) is 1. The molecule has 0 aliphatic heterocycles. The molecule has 1 amide bonds. The molecule has 1 saturated carbocycles. The summed E-state index contributed by atoms with van der Waals surface area (Å²) in [7, 11) is 1.88. The molecule has 0 bridgehead atoms. The van der Waals surface area contributed by atoms with E-state index in [1.54, 1.807) is 0 Å². The van der Waals surface area contributed by atoms with Crippen LogP contribution in [0.5, 0.6) is 0 Å². The van der Waals surface area contributed by atoms with Crippen LogP contribution in [0.25, 0.3) is 0 Å². The minimum atomic E-state index is -0.268. The number of nitrogens with two attached hydrogens (primary N) is 2. The summed E-state index contributed by atoms with van der Waals surface area (Å²) in [5.74, 6) is -0.400. The van der Waals surface area contributed by atoms with Crippen LogP contribution in [0.1, 0.15) is 12.8 Å². The van der Waals surface area contributed by atoms with Gasteiger partial charge >= 0.3 is 0 Å². The molecular formula is C7H15N3O. The van der Waals surface area contributed by atoms with E-state index in [4.69, 9.17) is 11.5 Å². The zero-order chi connectivity index (χ0) is 8.43. The highest BCUT2D eigenvalue weighted by molar-refractivity contribution is 5.77. The van der Waals surface area contributed by atoms with Crippen molar-refractivity contribution in [3.63, 3.8) is 0 Å². The first-order valence-corrected chi connectivity index (χ1v) is 3.87. The highest BCUT2D eigenvalue weighted by atomic mass is 16.1. The van der Waals surface area contributed by atoms with Crippen molar-refractivity contribution in [3.05, 3.63) is 0 Å². The molecule has 1 rings (SSSR count). The molecule has 1 aliphatic carbocycles. The third kappa shape index (κ3) is 1.70. The number of amides is 1. The Morgan fingerprint density at radius 3 is 2.45 bits per heavy atom. The van der Waals surface area contributed by atoms with Gasteiger partial charge < -0.3 is 16.8 Å². The molecule has 3 unspecified atom stereocenters. The third-order valence-corrected chi connectivity index (χ3v) is 2.39. The average molecular weight is 157 g/mol. The number of carbonyl (C=O) groups is 1. The highest BCUT2D eigenvalue weighted by Crippen LogP contribution is 2.23. The van der Waals surface area contributed by atoms with Gasteiger partial charge in [-0.3, -0.25) is 4.79 Å². The van der Waals surface area contributed by atoms with Gasteiger partial charge in [0.05, 0.1) is 5.92 Å². The lowest BCUT2D eigenvalue weighted by molar-refractivity contribution is -0.121. The van der Waals surface area contributed by atoms with Crippen LogP contribution in [0.3, 0.4) is 0 Å². The maximum absolute atomic E-state index is 10.8. The summed E-state index contributed by atoms with van der Waals surface area (Å²) in [5, 5.41) is 3.09. The number of primary amides is 1. The lowest BCUT2D eigenvalue weighted by Gasteiger charge is -2.08. The quantitative estimate of drug-likeness (QED) is 0.471. The summed E-state index contributed by atoms with van der Waals surface area (Å²) in [6.45, 7) is 0. The van der Waals surface area contributed by atoms with E-state index in [1.165, 1.54) is 0 Å². The SMILES string of the molecule is CNC1CC(N)C(C(N)=O)C1. The lowest BCUT2D eigenvalue weighted by atomic mass is 10.0. The van der Waals surface area contributed by atoms with Crippen molar-refractivity contribution in [3.8, 4) is 0 Å². The van der Waals surface area contributed by atoms with Crippen LogP contribution in [-0.4, -0.2) is 25.0 Å². The van der Waals surface area contributed by atoms with E-state index < -0.39 is 0 Å². The Morgan fingerprint density at radius 2 is 2.18 bits per heavy atom. The van der Waals surface area contributed by atoms with Crippen LogP contribution >= 0.6 is 0 Å². The minimum Gasteiger partial charge on any atom is -0.369 e.